The maximum absolute atomic E-state index is 12.0. The van der Waals surface area contributed by atoms with Gasteiger partial charge in [-0.15, -0.1) is 0 Å². The molecule has 5 nitrogen and oxygen atoms in total. The van der Waals surface area contributed by atoms with Crippen LogP contribution in [0.15, 0.2) is 22.9 Å². The van der Waals surface area contributed by atoms with Crippen molar-refractivity contribution in [2.75, 3.05) is 19.7 Å². The number of likely N-dealkylation sites (tertiary alicyclic amines) is 1. The Bertz CT molecular complexity index is 502. The Balaban J connectivity index is 1.79. The molecule has 2 heterocycles. The van der Waals surface area contributed by atoms with E-state index >= 15 is 0 Å². The van der Waals surface area contributed by atoms with Gasteiger partial charge in [-0.25, -0.2) is 4.79 Å². The number of carbonyl (C=O) groups excluding carboxylic acids is 1. The highest BCUT2D eigenvalue weighted by Crippen LogP contribution is 2.22. The standard InChI is InChI=1S/C15H21BrN2O3/c1-15(2,3)21-14(19)18-5-4-11(9-18)10-20-13-6-12(16)7-17-8-13/h6-8,11H,4-5,9-10H2,1-3H3. The first kappa shape index (κ1) is 16.1. The summed E-state index contributed by atoms with van der Waals surface area (Å²) >= 11 is 3.36. The van der Waals surface area contributed by atoms with Crippen LogP contribution in [0.5, 0.6) is 5.75 Å². The summed E-state index contributed by atoms with van der Waals surface area (Å²) in [5.41, 5.74) is -0.451. The van der Waals surface area contributed by atoms with E-state index < -0.39 is 5.60 Å². The molecule has 0 spiro atoms. The number of pyridine rings is 1. The van der Waals surface area contributed by atoms with Crippen LogP contribution in [0.2, 0.25) is 0 Å². The summed E-state index contributed by atoms with van der Waals surface area (Å²) in [5, 5.41) is 0. The molecule has 0 saturated carbocycles. The van der Waals surface area contributed by atoms with Crippen LogP contribution in [-0.2, 0) is 4.74 Å². The summed E-state index contributed by atoms with van der Waals surface area (Å²) in [6.45, 7) is 7.61. The predicted octanol–water partition coefficient (Wildman–Crippen LogP) is 3.48. The van der Waals surface area contributed by atoms with E-state index in [9.17, 15) is 4.79 Å². The molecule has 1 aromatic heterocycles. The van der Waals surface area contributed by atoms with Crippen molar-refractivity contribution in [2.45, 2.75) is 32.8 Å². The Hall–Kier alpha value is -1.30. The Labute approximate surface area is 133 Å². The molecule has 21 heavy (non-hydrogen) atoms. The molecular formula is C15H21BrN2O3. The van der Waals surface area contributed by atoms with E-state index in [1.807, 2.05) is 26.8 Å². The molecule has 0 radical (unpaired) electrons. The lowest BCUT2D eigenvalue weighted by Gasteiger charge is -2.24. The number of nitrogens with zero attached hydrogens (tertiary/aromatic N) is 2. The SMILES string of the molecule is CC(C)(C)OC(=O)N1CCC(COc2cncc(Br)c2)C1. The summed E-state index contributed by atoms with van der Waals surface area (Å²) in [6.07, 6.45) is 4.09. The van der Waals surface area contributed by atoms with Crippen LogP contribution < -0.4 is 4.74 Å². The van der Waals surface area contributed by atoms with Crippen LogP contribution in [0.3, 0.4) is 0 Å². The van der Waals surface area contributed by atoms with E-state index in [1.165, 1.54) is 0 Å². The lowest BCUT2D eigenvalue weighted by atomic mass is 10.1. The van der Waals surface area contributed by atoms with Crippen molar-refractivity contribution in [2.24, 2.45) is 5.92 Å². The first-order valence-electron chi connectivity index (χ1n) is 7.05. The number of halogens is 1. The molecule has 1 fully saturated rings. The highest BCUT2D eigenvalue weighted by atomic mass is 79.9. The van der Waals surface area contributed by atoms with Crippen LogP contribution in [-0.4, -0.2) is 41.3 Å². The molecule has 0 N–H and O–H groups in total. The minimum Gasteiger partial charge on any atom is -0.492 e. The average Bonchev–Trinajstić information content (AvgIpc) is 2.83. The largest absolute Gasteiger partial charge is 0.492 e. The Morgan fingerprint density at radius 2 is 2.24 bits per heavy atom. The summed E-state index contributed by atoms with van der Waals surface area (Å²) in [6, 6.07) is 1.88. The average molecular weight is 357 g/mol. The molecule has 1 aromatic rings. The second-order valence-corrected chi connectivity index (χ2v) is 7.15. The molecule has 1 aliphatic heterocycles. The van der Waals surface area contributed by atoms with Gasteiger partial charge in [0.25, 0.3) is 0 Å². The first-order chi connectivity index (χ1) is 9.83. The first-order valence-corrected chi connectivity index (χ1v) is 7.84. The third-order valence-corrected chi connectivity index (χ3v) is 3.54. The molecule has 1 atom stereocenters. The molecule has 116 valence electrons. The van der Waals surface area contributed by atoms with Gasteiger partial charge in [-0.05, 0) is 49.2 Å². The summed E-state index contributed by atoms with van der Waals surface area (Å²) in [4.78, 5) is 17.8. The zero-order valence-corrected chi connectivity index (χ0v) is 14.2. The van der Waals surface area contributed by atoms with Gasteiger partial charge in [0, 0.05) is 29.7 Å². The Morgan fingerprint density at radius 3 is 2.90 bits per heavy atom. The van der Waals surface area contributed by atoms with Gasteiger partial charge in [-0.1, -0.05) is 0 Å². The van der Waals surface area contributed by atoms with Crippen molar-refractivity contribution >= 4 is 22.0 Å². The van der Waals surface area contributed by atoms with Gasteiger partial charge < -0.3 is 14.4 Å². The second kappa shape index (κ2) is 6.64. The monoisotopic (exact) mass is 356 g/mol. The predicted molar refractivity (Wildman–Crippen MR) is 83.3 cm³/mol. The molecule has 0 bridgehead atoms. The van der Waals surface area contributed by atoms with Crippen LogP contribution in [0.25, 0.3) is 0 Å². The van der Waals surface area contributed by atoms with Crippen molar-refractivity contribution in [1.29, 1.82) is 0 Å². The van der Waals surface area contributed by atoms with E-state index in [1.54, 1.807) is 17.3 Å². The van der Waals surface area contributed by atoms with Crippen LogP contribution in [0.1, 0.15) is 27.2 Å². The smallest absolute Gasteiger partial charge is 0.410 e. The van der Waals surface area contributed by atoms with Crippen molar-refractivity contribution in [3.63, 3.8) is 0 Å². The molecule has 2 rings (SSSR count). The summed E-state index contributed by atoms with van der Waals surface area (Å²) in [7, 11) is 0. The van der Waals surface area contributed by atoms with Gasteiger partial charge in [0.15, 0.2) is 0 Å². The van der Waals surface area contributed by atoms with Gasteiger partial charge in [-0.2, -0.15) is 0 Å². The quantitative estimate of drug-likeness (QED) is 0.831. The molecule has 1 aliphatic rings. The zero-order chi connectivity index (χ0) is 15.5. The number of hydrogen-bond acceptors (Lipinski definition) is 4. The highest BCUT2D eigenvalue weighted by Gasteiger charge is 2.30. The van der Waals surface area contributed by atoms with Crippen molar-refractivity contribution in [3.05, 3.63) is 22.9 Å². The number of carbonyl (C=O) groups is 1. The third-order valence-electron chi connectivity index (χ3n) is 3.10. The lowest BCUT2D eigenvalue weighted by molar-refractivity contribution is 0.0285. The van der Waals surface area contributed by atoms with Crippen LogP contribution in [0, 0.1) is 5.92 Å². The van der Waals surface area contributed by atoms with E-state index in [-0.39, 0.29) is 6.09 Å². The fraction of sp³-hybridized carbons (Fsp3) is 0.600. The summed E-state index contributed by atoms with van der Waals surface area (Å²) < 4.78 is 12.0. The maximum atomic E-state index is 12.0. The van der Waals surface area contributed by atoms with Crippen molar-refractivity contribution < 1.29 is 14.3 Å². The van der Waals surface area contributed by atoms with Gasteiger partial charge in [0.05, 0.1) is 12.8 Å². The van der Waals surface area contributed by atoms with E-state index in [0.29, 0.717) is 19.1 Å². The topological polar surface area (TPSA) is 51.7 Å². The summed E-state index contributed by atoms with van der Waals surface area (Å²) in [5.74, 6) is 1.07. The van der Waals surface area contributed by atoms with Crippen LogP contribution >= 0.6 is 15.9 Å². The number of aromatic nitrogens is 1. The Kier molecular flexibility index (Phi) is 5.08. The molecule has 0 aliphatic carbocycles. The van der Waals surface area contributed by atoms with Gasteiger partial charge in [0.1, 0.15) is 11.4 Å². The third kappa shape index (κ3) is 5.19. The van der Waals surface area contributed by atoms with E-state index in [4.69, 9.17) is 9.47 Å². The molecule has 6 heteroatoms. The fourth-order valence-corrected chi connectivity index (χ4v) is 2.49. The minimum atomic E-state index is -0.451. The van der Waals surface area contributed by atoms with E-state index in [0.717, 1.165) is 23.2 Å². The van der Waals surface area contributed by atoms with Crippen molar-refractivity contribution in [1.82, 2.24) is 9.88 Å². The lowest BCUT2D eigenvalue weighted by Crippen LogP contribution is -2.35. The minimum absolute atomic E-state index is 0.242. The number of amides is 1. The number of hydrogen-bond donors (Lipinski definition) is 0. The number of rotatable bonds is 3. The van der Waals surface area contributed by atoms with Gasteiger partial charge >= 0.3 is 6.09 Å². The molecule has 1 saturated heterocycles. The van der Waals surface area contributed by atoms with Gasteiger partial charge in [-0.3, -0.25) is 4.98 Å². The highest BCUT2D eigenvalue weighted by molar-refractivity contribution is 9.10. The van der Waals surface area contributed by atoms with Crippen molar-refractivity contribution in [3.8, 4) is 5.75 Å². The normalized spacial score (nSPS) is 18.7. The molecule has 1 amide bonds. The Morgan fingerprint density at radius 1 is 1.48 bits per heavy atom. The van der Waals surface area contributed by atoms with E-state index in [2.05, 4.69) is 20.9 Å². The number of ether oxygens (including phenoxy) is 2. The molecule has 0 aromatic carbocycles. The van der Waals surface area contributed by atoms with Crippen LogP contribution in [0.4, 0.5) is 4.79 Å². The molecular weight excluding hydrogens is 336 g/mol. The fourth-order valence-electron chi connectivity index (χ4n) is 2.15. The van der Waals surface area contributed by atoms with Gasteiger partial charge in [0.2, 0.25) is 0 Å². The molecule has 1 unspecified atom stereocenters. The second-order valence-electron chi connectivity index (χ2n) is 6.23. The maximum Gasteiger partial charge on any atom is 0.410 e. The zero-order valence-electron chi connectivity index (χ0n) is 12.6.